The molecule has 0 saturated carbocycles. The van der Waals surface area contributed by atoms with Gasteiger partial charge in [0.25, 0.3) is 0 Å². The lowest BCUT2D eigenvalue weighted by molar-refractivity contribution is 0.103. The molecule has 2 aromatic rings. The summed E-state index contributed by atoms with van der Waals surface area (Å²) in [5, 5.41) is 0. The van der Waals surface area contributed by atoms with Gasteiger partial charge in [0.2, 0.25) is 0 Å². The van der Waals surface area contributed by atoms with Crippen LogP contribution in [0.15, 0.2) is 42.0 Å². The van der Waals surface area contributed by atoms with Gasteiger partial charge in [-0.05, 0) is 37.6 Å². The van der Waals surface area contributed by atoms with E-state index in [1.807, 2.05) is 6.08 Å². The number of carbonyl (C=O) groups excluding carboxylic acids is 1. The number of piperazine rings is 1. The van der Waals surface area contributed by atoms with Crippen molar-refractivity contribution in [2.75, 3.05) is 51.9 Å². The molecule has 2 aliphatic heterocycles. The second-order valence-electron chi connectivity index (χ2n) is 8.51. The van der Waals surface area contributed by atoms with Crippen LogP contribution in [-0.2, 0) is 0 Å². The third-order valence-electron chi connectivity index (χ3n) is 6.29. The topological polar surface area (TPSA) is 51.2 Å². The highest BCUT2D eigenvalue weighted by atomic mass is 16.5. The van der Waals surface area contributed by atoms with Gasteiger partial charge in [-0.15, -0.1) is 0 Å². The molecule has 0 atom stereocenters. The molecule has 2 aliphatic rings. The Balaban J connectivity index is 1.54. The summed E-state index contributed by atoms with van der Waals surface area (Å²) in [7, 11) is 3.13. The van der Waals surface area contributed by atoms with Gasteiger partial charge in [-0.25, -0.2) is 0 Å². The predicted octanol–water partition coefficient (Wildman–Crippen LogP) is 4.28. The lowest BCUT2D eigenvalue weighted by Crippen LogP contribution is -2.48. The zero-order valence-corrected chi connectivity index (χ0v) is 19.4. The molecule has 2 heterocycles. The van der Waals surface area contributed by atoms with E-state index in [2.05, 4.69) is 47.9 Å². The van der Waals surface area contributed by atoms with E-state index < -0.39 is 0 Å². The van der Waals surface area contributed by atoms with Crippen molar-refractivity contribution >= 4 is 17.5 Å². The summed E-state index contributed by atoms with van der Waals surface area (Å²) in [5.74, 6) is 1.51. The Kier molecular flexibility index (Phi) is 6.70. The number of hydrogen-bond donors (Lipinski definition) is 0. The number of hydrogen-bond acceptors (Lipinski definition) is 6. The van der Waals surface area contributed by atoms with Crippen LogP contribution >= 0.6 is 0 Å². The third kappa shape index (κ3) is 4.60. The minimum absolute atomic E-state index is 0.0640. The number of ketones is 1. The average Bonchev–Trinajstić information content (AvgIpc) is 2.97. The highest BCUT2D eigenvalue weighted by molar-refractivity contribution is 6.15. The lowest BCUT2D eigenvalue weighted by atomic mass is 9.98. The van der Waals surface area contributed by atoms with E-state index in [1.165, 1.54) is 5.69 Å². The van der Waals surface area contributed by atoms with E-state index in [-0.39, 0.29) is 5.78 Å². The summed E-state index contributed by atoms with van der Waals surface area (Å²) in [4.78, 5) is 18.3. The third-order valence-corrected chi connectivity index (χ3v) is 6.29. The molecule has 0 amide bonds. The van der Waals surface area contributed by atoms with Gasteiger partial charge in [0.15, 0.2) is 5.78 Å². The fraction of sp³-hybridized carbons (Fsp3) is 0.423. The summed E-state index contributed by atoms with van der Waals surface area (Å²) in [6.07, 6.45) is 2.50. The Morgan fingerprint density at radius 1 is 1.00 bits per heavy atom. The first-order valence-corrected chi connectivity index (χ1v) is 11.2. The fourth-order valence-corrected chi connectivity index (χ4v) is 4.34. The van der Waals surface area contributed by atoms with Crippen molar-refractivity contribution in [1.29, 1.82) is 0 Å². The maximum Gasteiger partial charge on any atom is 0.196 e. The van der Waals surface area contributed by atoms with Crippen LogP contribution in [0, 0.1) is 0 Å². The Hall–Kier alpha value is -2.99. The van der Waals surface area contributed by atoms with Crippen LogP contribution in [-0.4, -0.2) is 63.7 Å². The van der Waals surface area contributed by atoms with E-state index >= 15 is 0 Å². The van der Waals surface area contributed by atoms with Crippen LogP contribution in [0.2, 0.25) is 0 Å². The van der Waals surface area contributed by atoms with Gasteiger partial charge < -0.3 is 19.1 Å². The molecular weight excluding hydrogens is 404 g/mol. The average molecular weight is 437 g/mol. The maximum absolute atomic E-state index is 13.3. The second kappa shape index (κ2) is 9.65. The molecule has 1 saturated heterocycles. The SMILES string of the molecule is COc1cc(OC)c2c(c1)OCC/C(=C\c1ccc(N3CCN(C(C)C)CC3)cc1)C2=O. The van der Waals surface area contributed by atoms with Crippen molar-refractivity contribution in [1.82, 2.24) is 4.90 Å². The molecule has 2 aromatic carbocycles. The van der Waals surface area contributed by atoms with Crippen molar-refractivity contribution in [3.8, 4) is 17.2 Å². The molecule has 0 bridgehead atoms. The molecule has 0 radical (unpaired) electrons. The molecule has 0 unspecified atom stereocenters. The maximum atomic E-state index is 13.3. The number of nitrogens with zero attached hydrogens (tertiary/aromatic N) is 2. The standard InChI is InChI=1S/C26H32N2O4/c1-18(2)27-10-12-28(13-11-27)21-7-5-19(6-8-21)15-20-9-14-32-24-17-22(30-3)16-23(31-4)25(24)26(20)29/h5-8,15-18H,9-14H2,1-4H3/b20-15+. The zero-order chi connectivity index (χ0) is 22.7. The Bertz CT molecular complexity index is 990. The van der Waals surface area contributed by atoms with Crippen molar-refractivity contribution in [2.45, 2.75) is 26.3 Å². The number of anilines is 1. The monoisotopic (exact) mass is 436 g/mol. The molecule has 0 spiro atoms. The quantitative estimate of drug-likeness (QED) is 0.652. The molecule has 1 fully saturated rings. The number of ether oxygens (including phenoxy) is 3. The molecule has 6 heteroatoms. The first-order valence-electron chi connectivity index (χ1n) is 11.2. The van der Waals surface area contributed by atoms with E-state index in [0.717, 1.165) is 31.7 Å². The molecule has 4 rings (SSSR count). The molecule has 0 aliphatic carbocycles. The van der Waals surface area contributed by atoms with Gasteiger partial charge in [-0.2, -0.15) is 0 Å². The Morgan fingerprint density at radius 2 is 1.72 bits per heavy atom. The molecule has 170 valence electrons. The highest BCUT2D eigenvalue weighted by Crippen LogP contribution is 2.38. The minimum Gasteiger partial charge on any atom is -0.496 e. The number of carbonyl (C=O) groups is 1. The van der Waals surface area contributed by atoms with Gasteiger partial charge >= 0.3 is 0 Å². The van der Waals surface area contributed by atoms with E-state index in [9.17, 15) is 4.79 Å². The predicted molar refractivity (Wildman–Crippen MR) is 127 cm³/mol. The zero-order valence-electron chi connectivity index (χ0n) is 19.4. The van der Waals surface area contributed by atoms with Gasteiger partial charge in [-0.1, -0.05) is 12.1 Å². The summed E-state index contributed by atoms with van der Waals surface area (Å²) in [5.41, 5.74) is 3.40. The highest BCUT2D eigenvalue weighted by Gasteiger charge is 2.26. The second-order valence-corrected chi connectivity index (χ2v) is 8.51. The first-order chi connectivity index (χ1) is 15.5. The number of rotatable bonds is 5. The van der Waals surface area contributed by atoms with Crippen molar-refractivity contribution in [3.63, 3.8) is 0 Å². The van der Waals surface area contributed by atoms with E-state index in [4.69, 9.17) is 14.2 Å². The van der Waals surface area contributed by atoms with Crippen LogP contribution in [0.25, 0.3) is 6.08 Å². The first kappa shape index (κ1) is 22.2. The van der Waals surface area contributed by atoms with Gasteiger partial charge in [0.05, 0.1) is 20.8 Å². The lowest BCUT2D eigenvalue weighted by Gasteiger charge is -2.38. The van der Waals surface area contributed by atoms with E-state index in [0.29, 0.717) is 47.5 Å². The Labute approximate surface area is 190 Å². The molecular formula is C26H32N2O4. The smallest absolute Gasteiger partial charge is 0.196 e. The fourth-order valence-electron chi connectivity index (χ4n) is 4.34. The summed E-state index contributed by atoms with van der Waals surface area (Å²) in [6.45, 7) is 9.18. The van der Waals surface area contributed by atoms with Gasteiger partial charge in [0.1, 0.15) is 22.8 Å². The number of methoxy groups -OCH3 is 2. The molecule has 6 nitrogen and oxygen atoms in total. The number of benzene rings is 2. The van der Waals surface area contributed by atoms with Crippen LogP contribution < -0.4 is 19.1 Å². The van der Waals surface area contributed by atoms with Crippen LogP contribution in [0.4, 0.5) is 5.69 Å². The van der Waals surface area contributed by atoms with Gasteiger partial charge in [-0.3, -0.25) is 9.69 Å². The van der Waals surface area contributed by atoms with Crippen molar-refractivity contribution < 1.29 is 19.0 Å². The summed E-state index contributed by atoms with van der Waals surface area (Å²) < 4.78 is 16.6. The molecule has 32 heavy (non-hydrogen) atoms. The van der Waals surface area contributed by atoms with Gasteiger partial charge in [0, 0.05) is 62.0 Å². The Morgan fingerprint density at radius 3 is 2.34 bits per heavy atom. The van der Waals surface area contributed by atoms with Crippen molar-refractivity contribution in [3.05, 3.63) is 53.1 Å². The number of fused-ring (bicyclic) bond motifs is 1. The van der Waals surface area contributed by atoms with E-state index in [1.54, 1.807) is 26.4 Å². The largest absolute Gasteiger partial charge is 0.496 e. The van der Waals surface area contributed by atoms with Crippen molar-refractivity contribution in [2.24, 2.45) is 0 Å². The minimum atomic E-state index is -0.0640. The van der Waals surface area contributed by atoms with Crippen LogP contribution in [0.1, 0.15) is 36.2 Å². The molecule has 0 aromatic heterocycles. The normalized spacial score (nSPS) is 18.3. The summed E-state index contributed by atoms with van der Waals surface area (Å²) >= 11 is 0. The summed E-state index contributed by atoms with van der Waals surface area (Å²) in [6, 6.07) is 12.5. The van der Waals surface area contributed by atoms with Crippen LogP contribution in [0.5, 0.6) is 17.2 Å². The molecule has 0 N–H and O–H groups in total. The van der Waals surface area contributed by atoms with Crippen LogP contribution in [0.3, 0.4) is 0 Å². The number of Topliss-reactive ketones (excluding diaryl/α,β-unsaturated/α-hetero) is 1.